The third-order valence-corrected chi connectivity index (χ3v) is 17.0. The van der Waals surface area contributed by atoms with E-state index < -0.39 is 0 Å². The Balaban J connectivity index is 0.924. The summed E-state index contributed by atoms with van der Waals surface area (Å²) in [7, 11) is 0. The first-order valence-electron chi connectivity index (χ1n) is 30.4. The zero-order valence-electron chi connectivity index (χ0n) is 49.1. The van der Waals surface area contributed by atoms with Gasteiger partial charge in [-0.15, -0.1) is 0 Å². The molecule has 16 rings (SSSR count). The van der Waals surface area contributed by atoms with Crippen molar-refractivity contribution in [3.05, 3.63) is 352 Å². The number of nitrogens with zero attached hydrogens (tertiary/aromatic N) is 8. The fourth-order valence-corrected chi connectivity index (χ4v) is 13.1. The Morgan fingerprint density at radius 1 is 0.200 bits per heavy atom. The van der Waals surface area contributed by atoms with Crippen LogP contribution in [0.5, 0.6) is 0 Å². The van der Waals surface area contributed by atoms with E-state index in [4.69, 9.17) is 9.97 Å². The van der Waals surface area contributed by atoms with Gasteiger partial charge in [-0.05, 0) is 182 Å². The molecule has 0 N–H and O–H groups in total. The topological polar surface area (TPSA) is 48.6 Å². The van der Waals surface area contributed by atoms with Crippen LogP contribution in [0.1, 0.15) is 0 Å². The lowest BCUT2D eigenvalue weighted by molar-refractivity contribution is 1.12. The highest BCUT2D eigenvalue weighted by atomic mass is 15.2. The lowest BCUT2D eigenvalue weighted by Gasteiger charge is -2.26. The first kappa shape index (κ1) is 53.2. The maximum Gasteiger partial charge on any atom is 0.0724 e. The van der Waals surface area contributed by atoms with Gasteiger partial charge in [0.25, 0.3) is 0 Å². The monoisotopic (exact) mass is 1150 g/mol. The minimum atomic E-state index is 0.935. The predicted molar refractivity (Wildman–Crippen MR) is 375 cm³/mol. The van der Waals surface area contributed by atoms with Crippen LogP contribution in [0.3, 0.4) is 0 Å². The molecule has 0 saturated carbocycles. The molecule has 0 saturated heterocycles. The second kappa shape index (κ2) is 23.2. The number of fused-ring (bicyclic) bond motifs is 6. The zero-order chi connectivity index (χ0) is 59.7. The van der Waals surface area contributed by atoms with E-state index in [0.717, 1.165) is 134 Å². The van der Waals surface area contributed by atoms with Crippen molar-refractivity contribution in [2.24, 2.45) is 0 Å². The second-order valence-electron chi connectivity index (χ2n) is 22.3. The van der Waals surface area contributed by atoms with E-state index >= 15 is 0 Å². The molecule has 0 atom stereocenters. The van der Waals surface area contributed by atoms with Crippen molar-refractivity contribution in [3.63, 3.8) is 0 Å². The maximum absolute atomic E-state index is 4.97. The molecule has 8 nitrogen and oxygen atoms in total. The van der Waals surface area contributed by atoms with Crippen molar-refractivity contribution in [1.29, 1.82) is 0 Å². The molecule has 0 spiro atoms. The summed E-state index contributed by atoms with van der Waals surface area (Å²) in [5.74, 6) is 0. The van der Waals surface area contributed by atoms with Crippen molar-refractivity contribution in [2.75, 3.05) is 19.6 Å². The molecule has 0 amide bonds. The van der Waals surface area contributed by atoms with Gasteiger partial charge in [0, 0.05) is 113 Å². The third-order valence-electron chi connectivity index (χ3n) is 17.0. The van der Waals surface area contributed by atoms with E-state index in [9.17, 15) is 0 Å². The number of para-hydroxylation sites is 8. The fourth-order valence-electron chi connectivity index (χ4n) is 13.1. The molecule has 4 heterocycles. The fraction of sp³-hybridized carbons (Fsp3) is 0. The van der Waals surface area contributed by atoms with Crippen molar-refractivity contribution in [1.82, 2.24) is 19.1 Å². The molecule has 0 aliphatic carbocycles. The molecule has 0 radical (unpaired) electrons. The number of pyridine rings is 2. The molecule has 426 valence electrons. The van der Waals surface area contributed by atoms with E-state index in [1.165, 1.54) is 0 Å². The predicted octanol–water partition coefficient (Wildman–Crippen LogP) is 22.2. The zero-order valence-corrected chi connectivity index (χ0v) is 49.1. The number of rotatable bonds is 15. The van der Waals surface area contributed by atoms with Gasteiger partial charge in [-0.2, -0.15) is 0 Å². The van der Waals surface area contributed by atoms with Gasteiger partial charge in [0.1, 0.15) is 0 Å². The Labute approximate surface area is 522 Å². The smallest absolute Gasteiger partial charge is 0.0724 e. The molecular weight excluding hydrogens is 1100 g/mol. The average molecular weight is 1160 g/mol. The van der Waals surface area contributed by atoms with Crippen LogP contribution in [0.2, 0.25) is 0 Å². The second-order valence-corrected chi connectivity index (χ2v) is 22.3. The summed E-state index contributed by atoms with van der Waals surface area (Å²) in [5, 5.41) is 4.39. The largest absolute Gasteiger partial charge is 0.310 e. The number of hydrogen-bond donors (Lipinski definition) is 0. The molecule has 0 bridgehead atoms. The number of aromatic nitrogens is 4. The molecule has 0 unspecified atom stereocenters. The van der Waals surface area contributed by atoms with Gasteiger partial charge < -0.3 is 28.7 Å². The highest BCUT2D eigenvalue weighted by molar-refractivity contribution is 6.14. The molecule has 0 fully saturated rings. The lowest BCUT2D eigenvalue weighted by atomic mass is 10.0. The average Bonchev–Trinajstić information content (AvgIpc) is 1.61. The first-order valence-corrected chi connectivity index (χ1v) is 30.4. The minimum Gasteiger partial charge on any atom is -0.310 e. The number of benzene rings is 12. The normalized spacial score (nSPS) is 11.3. The van der Waals surface area contributed by atoms with Crippen LogP contribution >= 0.6 is 0 Å². The highest BCUT2D eigenvalue weighted by Gasteiger charge is 2.26. The Hall–Kier alpha value is -12.3. The van der Waals surface area contributed by atoms with E-state index in [1.807, 2.05) is 24.8 Å². The molecule has 90 heavy (non-hydrogen) atoms. The van der Waals surface area contributed by atoms with Crippen LogP contribution in [-0.2, 0) is 0 Å². The minimum absolute atomic E-state index is 0.935. The van der Waals surface area contributed by atoms with Crippen molar-refractivity contribution < 1.29 is 0 Å². The molecule has 12 aromatic carbocycles. The summed E-state index contributed by atoms with van der Waals surface area (Å²) in [5.41, 5.74) is 20.8. The summed E-state index contributed by atoms with van der Waals surface area (Å²) in [6.45, 7) is 0. The van der Waals surface area contributed by atoms with Gasteiger partial charge in [-0.3, -0.25) is 9.97 Å². The van der Waals surface area contributed by atoms with Crippen LogP contribution in [0.15, 0.2) is 352 Å². The SMILES string of the molecule is c1ccc(N(c2ccccc2)c2ccc3c(c2)c2cc(N(c4ccccc4)c4ccccc4)ccc2n3-c2cnccc2-c2ccncc2-n2c3ccc(N(c4ccccc4)c4ccccc4)cc3c3cc(N(c4ccccc4)c4ccccc4)ccc32)cc1. The van der Waals surface area contributed by atoms with Gasteiger partial charge in [-0.25, -0.2) is 0 Å². The lowest BCUT2D eigenvalue weighted by Crippen LogP contribution is -2.09. The molecule has 16 aromatic rings. The highest BCUT2D eigenvalue weighted by Crippen LogP contribution is 2.47. The van der Waals surface area contributed by atoms with Crippen LogP contribution in [0, 0.1) is 0 Å². The molecule has 4 aromatic heterocycles. The summed E-state index contributed by atoms with van der Waals surface area (Å²) >= 11 is 0. The third kappa shape index (κ3) is 9.62. The standard InChI is InChI=1S/C82H58N8/c1-9-25-59(26-10-1)85(60-27-11-2-12-28-60)67-41-45-77-73(53-67)74-54-68(86(61-29-13-3-14-30-61)62-31-15-4-16-32-62)42-46-78(74)89(77)81-57-83-51-49-71(81)72-50-52-84-58-82(72)90-79-47-43-69(87(63-33-17-5-18-34-63)64-35-19-6-20-36-64)55-75(79)76-56-70(44-48-80(76)90)88(65-37-21-7-22-38-65)66-39-23-8-24-40-66/h1-58H. The Morgan fingerprint density at radius 3 is 0.600 bits per heavy atom. The van der Waals surface area contributed by atoms with Crippen LogP contribution in [0.25, 0.3) is 66.1 Å². The van der Waals surface area contributed by atoms with Gasteiger partial charge in [0.2, 0.25) is 0 Å². The van der Waals surface area contributed by atoms with Crippen LogP contribution in [-0.4, -0.2) is 19.1 Å². The maximum atomic E-state index is 4.97. The van der Waals surface area contributed by atoms with Gasteiger partial charge in [-0.1, -0.05) is 146 Å². The summed E-state index contributed by atoms with van der Waals surface area (Å²) < 4.78 is 4.81. The van der Waals surface area contributed by atoms with Crippen LogP contribution in [0.4, 0.5) is 68.2 Å². The van der Waals surface area contributed by atoms with Gasteiger partial charge in [0.05, 0.1) is 45.8 Å². The van der Waals surface area contributed by atoms with E-state index in [-0.39, 0.29) is 0 Å². The van der Waals surface area contributed by atoms with Crippen LogP contribution < -0.4 is 19.6 Å². The Bertz CT molecular complexity index is 4410. The summed E-state index contributed by atoms with van der Waals surface area (Å²) in [4.78, 5) is 19.3. The number of hydrogen-bond acceptors (Lipinski definition) is 6. The summed E-state index contributed by atoms with van der Waals surface area (Å²) in [6.07, 6.45) is 7.87. The molecule has 8 heteroatoms. The first-order chi connectivity index (χ1) is 44.7. The summed E-state index contributed by atoms with van der Waals surface area (Å²) in [6, 6.07) is 117. The van der Waals surface area contributed by atoms with Crippen molar-refractivity contribution in [2.45, 2.75) is 0 Å². The Morgan fingerprint density at radius 2 is 0.400 bits per heavy atom. The van der Waals surface area contributed by atoms with Crippen molar-refractivity contribution in [3.8, 4) is 22.5 Å². The molecule has 0 aliphatic heterocycles. The van der Waals surface area contributed by atoms with E-state index in [1.54, 1.807) is 0 Å². The Kier molecular flexibility index (Phi) is 13.7. The quantitative estimate of drug-likeness (QED) is 0.102. The molecule has 0 aliphatic rings. The van der Waals surface area contributed by atoms with Gasteiger partial charge in [0.15, 0.2) is 0 Å². The molecular formula is C82H58N8. The van der Waals surface area contributed by atoms with Gasteiger partial charge >= 0.3 is 0 Å². The number of anilines is 12. The van der Waals surface area contributed by atoms with Crippen molar-refractivity contribution >= 4 is 112 Å². The van der Waals surface area contributed by atoms with E-state index in [0.29, 0.717) is 0 Å². The van der Waals surface area contributed by atoms with E-state index in [2.05, 4.69) is 356 Å².